The Morgan fingerprint density at radius 2 is 2.00 bits per heavy atom. The van der Waals surface area contributed by atoms with Crippen LogP contribution < -0.4 is 0 Å². The minimum absolute atomic E-state index is 0.281. The van der Waals surface area contributed by atoms with Gasteiger partial charge in [0, 0.05) is 19.3 Å². The molecule has 0 aliphatic carbocycles. The topological polar surface area (TPSA) is 54.5 Å². The van der Waals surface area contributed by atoms with E-state index in [0.29, 0.717) is 13.1 Å². The van der Waals surface area contributed by atoms with Gasteiger partial charge in [0.15, 0.2) is 9.84 Å². The van der Waals surface area contributed by atoms with Crippen molar-refractivity contribution >= 4 is 15.7 Å². The zero-order valence-electron chi connectivity index (χ0n) is 11.1. The molecule has 1 unspecified atom stereocenters. The second kappa shape index (κ2) is 4.44. The Hall–Kier alpha value is -0.840. The molecule has 98 valence electrons. The van der Waals surface area contributed by atoms with Gasteiger partial charge in [0.2, 0.25) is 5.91 Å². The van der Waals surface area contributed by atoms with E-state index >= 15 is 0 Å². The lowest BCUT2D eigenvalue weighted by Crippen LogP contribution is -2.52. The monoisotopic (exact) mass is 259 g/mol. The van der Waals surface area contributed by atoms with Crippen molar-refractivity contribution in [2.24, 2.45) is 5.92 Å². The molecule has 0 aromatic carbocycles. The second-order valence-electron chi connectivity index (χ2n) is 5.46. The quantitative estimate of drug-likeness (QED) is 0.701. The molecule has 0 fully saturated rings. The maximum Gasteiger partial charge on any atom is 0.243 e. The first-order chi connectivity index (χ1) is 7.55. The zero-order chi connectivity index (χ0) is 13.4. The molecular formula is C12H21NO3S. The fraction of sp³-hybridized carbons (Fsp3) is 0.750. The fourth-order valence-electron chi connectivity index (χ4n) is 2.00. The van der Waals surface area contributed by atoms with Gasteiger partial charge in [-0.05, 0) is 26.7 Å². The lowest BCUT2D eigenvalue weighted by atomic mass is 10.0. The molecule has 1 atom stereocenters. The van der Waals surface area contributed by atoms with Crippen molar-refractivity contribution in [3.05, 3.63) is 11.6 Å². The molecule has 0 saturated heterocycles. The normalized spacial score (nSPS) is 22.3. The SMILES string of the molecule is CC1=CC(C)CN(C(=O)C(C)(C)S(C)(=O)=O)C1. The number of sulfone groups is 1. The van der Waals surface area contributed by atoms with Gasteiger partial charge >= 0.3 is 0 Å². The predicted octanol–water partition coefficient (Wildman–Crippen LogP) is 1.23. The number of nitrogens with zero attached hydrogens (tertiary/aromatic N) is 1. The van der Waals surface area contributed by atoms with Crippen LogP contribution in [-0.4, -0.2) is 43.3 Å². The van der Waals surface area contributed by atoms with Gasteiger partial charge in [0.25, 0.3) is 0 Å². The van der Waals surface area contributed by atoms with E-state index in [0.717, 1.165) is 11.8 Å². The molecule has 17 heavy (non-hydrogen) atoms. The van der Waals surface area contributed by atoms with E-state index in [1.807, 2.05) is 13.8 Å². The summed E-state index contributed by atoms with van der Waals surface area (Å²) in [4.78, 5) is 13.9. The molecule has 0 bridgehead atoms. The number of carbonyl (C=O) groups excluding carboxylic acids is 1. The van der Waals surface area contributed by atoms with Crippen molar-refractivity contribution in [2.45, 2.75) is 32.4 Å². The van der Waals surface area contributed by atoms with Gasteiger partial charge < -0.3 is 4.90 Å². The van der Waals surface area contributed by atoms with Gasteiger partial charge in [-0.1, -0.05) is 18.6 Å². The average molecular weight is 259 g/mol. The Morgan fingerprint density at radius 1 is 1.47 bits per heavy atom. The van der Waals surface area contributed by atoms with Crippen molar-refractivity contribution in [1.29, 1.82) is 0 Å². The van der Waals surface area contributed by atoms with Crippen LogP contribution in [0.25, 0.3) is 0 Å². The number of amides is 1. The molecule has 5 heteroatoms. The molecule has 1 aliphatic heterocycles. The van der Waals surface area contributed by atoms with Crippen molar-refractivity contribution in [3.63, 3.8) is 0 Å². The molecule has 1 heterocycles. The van der Waals surface area contributed by atoms with E-state index in [-0.39, 0.29) is 11.8 Å². The molecule has 0 aromatic rings. The van der Waals surface area contributed by atoms with E-state index in [1.54, 1.807) is 4.90 Å². The summed E-state index contributed by atoms with van der Waals surface area (Å²) in [6, 6.07) is 0. The minimum Gasteiger partial charge on any atom is -0.337 e. The third-order valence-electron chi connectivity index (χ3n) is 3.25. The Bertz CT molecular complexity index is 448. The summed E-state index contributed by atoms with van der Waals surface area (Å²) in [6.07, 6.45) is 3.23. The van der Waals surface area contributed by atoms with Gasteiger partial charge in [-0.2, -0.15) is 0 Å². The summed E-state index contributed by atoms with van der Waals surface area (Å²) in [5.41, 5.74) is 1.11. The van der Waals surface area contributed by atoms with Gasteiger partial charge in [0.1, 0.15) is 4.75 Å². The van der Waals surface area contributed by atoms with Crippen LogP contribution in [-0.2, 0) is 14.6 Å². The van der Waals surface area contributed by atoms with E-state index < -0.39 is 14.6 Å². The summed E-state index contributed by atoms with van der Waals surface area (Å²) >= 11 is 0. The van der Waals surface area contributed by atoms with Crippen LogP contribution >= 0.6 is 0 Å². The van der Waals surface area contributed by atoms with Crippen molar-refractivity contribution < 1.29 is 13.2 Å². The Morgan fingerprint density at radius 3 is 2.41 bits per heavy atom. The third-order valence-corrected chi connectivity index (χ3v) is 5.28. The highest BCUT2D eigenvalue weighted by molar-refractivity contribution is 7.92. The number of hydrogen-bond donors (Lipinski definition) is 0. The first-order valence-corrected chi connectivity index (χ1v) is 7.61. The van der Waals surface area contributed by atoms with Crippen LogP contribution in [0.2, 0.25) is 0 Å². The van der Waals surface area contributed by atoms with Crippen LogP contribution in [0.3, 0.4) is 0 Å². The van der Waals surface area contributed by atoms with Gasteiger partial charge in [0.05, 0.1) is 0 Å². The summed E-state index contributed by atoms with van der Waals surface area (Å²) in [7, 11) is -3.40. The smallest absolute Gasteiger partial charge is 0.243 e. The van der Waals surface area contributed by atoms with Crippen molar-refractivity contribution in [2.75, 3.05) is 19.3 Å². The van der Waals surface area contributed by atoms with Crippen molar-refractivity contribution in [3.8, 4) is 0 Å². The molecule has 1 amide bonds. The third kappa shape index (κ3) is 2.89. The number of carbonyl (C=O) groups is 1. The Labute approximate surface area is 104 Å². The number of rotatable bonds is 2. The summed E-state index contributed by atoms with van der Waals surface area (Å²) in [5, 5.41) is 0. The molecule has 1 aliphatic rings. The first-order valence-electron chi connectivity index (χ1n) is 5.72. The van der Waals surface area contributed by atoms with Gasteiger partial charge in [-0.15, -0.1) is 0 Å². The molecule has 0 saturated carbocycles. The van der Waals surface area contributed by atoms with Crippen LogP contribution in [0.15, 0.2) is 11.6 Å². The molecule has 4 nitrogen and oxygen atoms in total. The van der Waals surface area contributed by atoms with Crippen LogP contribution in [0.5, 0.6) is 0 Å². The Kier molecular flexibility index (Phi) is 3.72. The first kappa shape index (κ1) is 14.2. The van der Waals surface area contributed by atoms with E-state index in [1.165, 1.54) is 13.8 Å². The maximum absolute atomic E-state index is 12.3. The van der Waals surface area contributed by atoms with Crippen LogP contribution in [0, 0.1) is 5.92 Å². The standard InChI is InChI=1S/C12H21NO3S/c1-9-6-10(2)8-13(7-9)11(14)12(3,4)17(5,15)16/h6,9H,7-8H2,1-5H3. The lowest BCUT2D eigenvalue weighted by Gasteiger charge is -2.35. The van der Waals surface area contributed by atoms with Gasteiger partial charge in [-0.25, -0.2) is 8.42 Å². The summed E-state index contributed by atoms with van der Waals surface area (Å²) < 4.78 is 21.9. The number of hydrogen-bond acceptors (Lipinski definition) is 3. The zero-order valence-corrected chi connectivity index (χ0v) is 12.0. The highest BCUT2D eigenvalue weighted by Crippen LogP contribution is 2.23. The molecule has 0 N–H and O–H groups in total. The van der Waals surface area contributed by atoms with E-state index in [4.69, 9.17) is 0 Å². The average Bonchev–Trinajstić information content (AvgIpc) is 2.13. The molecule has 0 aromatic heterocycles. The molecule has 1 rings (SSSR count). The van der Waals surface area contributed by atoms with Crippen LogP contribution in [0.4, 0.5) is 0 Å². The second-order valence-corrected chi connectivity index (χ2v) is 8.02. The summed E-state index contributed by atoms with van der Waals surface area (Å²) in [6.45, 7) is 8.06. The summed E-state index contributed by atoms with van der Waals surface area (Å²) in [5.74, 6) is -0.0256. The van der Waals surface area contributed by atoms with Crippen molar-refractivity contribution in [1.82, 2.24) is 4.90 Å². The van der Waals surface area contributed by atoms with E-state index in [2.05, 4.69) is 6.08 Å². The molecule has 0 radical (unpaired) electrons. The Balaban J connectivity index is 2.97. The highest BCUT2D eigenvalue weighted by atomic mass is 32.2. The molecular weight excluding hydrogens is 238 g/mol. The highest BCUT2D eigenvalue weighted by Gasteiger charge is 2.41. The lowest BCUT2D eigenvalue weighted by molar-refractivity contribution is -0.133. The van der Waals surface area contributed by atoms with E-state index in [9.17, 15) is 13.2 Å². The minimum atomic E-state index is -3.40. The largest absolute Gasteiger partial charge is 0.337 e. The van der Waals surface area contributed by atoms with Gasteiger partial charge in [-0.3, -0.25) is 4.79 Å². The molecule has 0 spiro atoms. The van der Waals surface area contributed by atoms with Crippen LogP contribution in [0.1, 0.15) is 27.7 Å². The fourth-order valence-corrected chi connectivity index (χ4v) is 2.44. The maximum atomic E-state index is 12.3. The predicted molar refractivity (Wildman–Crippen MR) is 68.4 cm³/mol.